The van der Waals surface area contributed by atoms with Crippen LogP contribution >= 0.6 is 22.9 Å². The van der Waals surface area contributed by atoms with Gasteiger partial charge in [0.25, 0.3) is 0 Å². The Kier molecular flexibility index (Phi) is 4.08. The zero-order valence-corrected chi connectivity index (χ0v) is 14.1. The van der Waals surface area contributed by atoms with Crippen LogP contribution in [-0.2, 0) is 15.8 Å². The summed E-state index contributed by atoms with van der Waals surface area (Å²) < 4.78 is 28.0. The van der Waals surface area contributed by atoms with Gasteiger partial charge in [-0.3, -0.25) is 4.72 Å². The first kappa shape index (κ1) is 15.3. The molecule has 1 N–H and O–H groups in total. The van der Waals surface area contributed by atoms with Crippen LogP contribution in [0.5, 0.6) is 0 Å². The molecule has 0 aliphatic heterocycles. The van der Waals surface area contributed by atoms with Gasteiger partial charge in [-0.15, -0.1) is 0 Å². The molecule has 1 heterocycles. The molecule has 0 amide bonds. The number of anilines is 1. The van der Waals surface area contributed by atoms with E-state index in [0.717, 1.165) is 15.8 Å². The molecule has 0 saturated carbocycles. The highest BCUT2D eigenvalue weighted by atomic mass is 35.5. The van der Waals surface area contributed by atoms with Crippen LogP contribution in [0, 0.1) is 6.92 Å². The van der Waals surface area contributed by atoms with Crippen molar-refractivity contribution in [2.24, 2.45) is 0 Å². The molecule has 0 bridgehead atoms. The van der Waals surface area contributed by atoms with Gasteiger partial charge in [0, 0.05) is 5.02 Å². The third-order valence-electron chi connectivity index (χ3n) is 3.17. The molecule has 1 aromatic heterocycles. The number of aryl methyl sites for hydroxylation is 1. The van der Waals surface area contributed by atoms with Gasteiger partial charge in [0.15, 0.2) is 5.13 Å². The molecule has 3 aromatic rings. The van der Waals surface area contributed by atoms with Gasteiger partial charge in [0.05, 0.1) is 16.0 Å². The summed E-state index contributed by atoms with van der Waals surface area (Å²) >= 11 is 7.33. The number of hydrogen-bond donors (Lipinski definition) is 1. The molecule has 114 valence electrons. The molecule has 7 heteroatoms. The summed E-state index contributed by atoms with van der Waals surface area (Å²) in [4.78, 5) is 4.36. The molecule has 4 nitrogen and oxygen atoms in total. The van der Waals surface area contributed by atoms with Crippen molar-refractivity contribution in [3.8, 4) is 0 Å². The van der Waals surface area contributed by atoms with Crippen LogP contribution in [0.1, 0.15) is 11.1 Å². The van der Waals surface area contributed by atoms with Crippen molar-refractivity contribution >= 4 is 48.3 Å². The van der Waals surface area contributed by atoms with Gasteiger partial charge in [0.2, 0.25) is 10.0 Å². The van der Waals surface area contributed by atoms with Crippen molar-refractivity contribution in [1.82, 2.24) is 4.98 Å². The number of thiazole rings is 1. The van der Waals surface area contributed by atoms with Crippen molar-refractivity contribution in [1.29, 1.82) is 0 Å². The smallest absolute Gasteiger partial charge is 0.238 e. The van der Waals surface area contributed by atoms with E-state index >= 15 is 0 Å². The SMILES string of the molecule is Cc1cccc2sc(NS(=O)(=O)Cc3ccccc3Cl)nc12. The van der Waals surface area contributed by atoms with E-state index in [0.29, 0.717) is 15.7 Å². The van der Waals surface area contributed by atoms with Crippen molar-refractivity contribution in [3.63, 3.8) is 0 Å². The highest BCUT2D eigenvalue weighted by Crippen LogP contribution is 2.29. The summed E-state index contributed by atoms with van der Waals surface area (Å²) in [5.74, 6) is -0.179. The van der Waals surface area contributed by atoms with Crippen LogP contribution in [0.4, 0.5) is 5.13 Å². The van der Waals surface area contributed by atoms with Gasteiger partial charge < -0.3 is 0 Å². The number of fused-ring (bicyclic) bond motifs is 1. The molecule has 2 aromatic carbocycles. The normalized spacial score (nSPS) is 11.7. The van der Waals surface area contributed by atoms with Gasteiger partial charge in [-0.25, -0.2) is 13.4 Å². The lowest BCUT2D eigenvalue weighted by molar-refractivity contribution is 0.600. The lowest BCUT2D eigenvalue weighted by Crippen LogP contribution is -2.15. The molecule has 0 radical (unpaired) electrons. The number of para-hydroxylation sites is 1. The van der Waals surface area contributed by atoms with E-state index in [1.165, 1.54) is 11.3 Å². The Morgan fingerprint density at radius 3 is 2.68 bits per heavy atom. The van der Waals surface area contributed by atoms with E-state index in [-0.39, 0.29) is 5.75 Å². The minimum absolute atomic E-state index is 0.179. The van der Waals surface area contributed by atoms with E-state index in [4.69, 9.17) is 11.6 Å². The monoisotopic (exact) mass is 352 g/mol. The number of rotatable bonds is 4. The average molecular weight is 353 g/mol. The second kappa shape index (κ2) is 5.87. The van der Waals surface area contributed by atoms with Crippen LogP contribution in [-0.4, -0.2) is 13.4 Å². The van der Waals surface area contributed by atoms with E-state index < -0.39 is 10.0 Å². The zero-order chi connectivity index (χ0) is 15.7. The minimum atomic E-state index is -3.56. The molecule has 0 saturated heterocycles. The van der Waals surface area contributed by atoms with Crippen molar-refractivity contribution < 1.29 is 8.42 Å². The largest absolute Gasteiger partial charge is 0.258 e. The van der Waals surface area contributed by atoms with Crippen molar-refractivity contribution in [3.05, 3.63) is 58.6 Å². The topological polar surface area (TPSA) is 59.1 Å². The molecular formula is C15H13ClN2O2S2. The van der Waals surface area contributed by atoms with Crippen LogP contribution < -0.4 is 4.72 Å². The standard InChI is InChI=1S/C15H13ClN2O2S2/c1-10-5-4-8-13-14(10)17-15(21-13)18-22(19,20)9-11-6-2-3-7-12(11)16/h2-8H,9H2,1H3,(H,17,18). The second-order valence-electron chi connectivity index (χ2n) is 4.89. The first-order chi connectivity index (χ1) is 10.4. The van der Waals surface area contributed by atoms with Gasteiger partial charge in [-0.05, 0) is 30.2 Å². The Labute approximate surface area is 137 Å². The lowest BCUT2D eigenvalue weighted by Gasteiger charge is -2.06. The van der Waals surface area contributed by atoms with E-state index in [1.807, 2.05) is 25.1 Å². The van der Waals surface area contributed by atoms with Gasteiger partial charge in [-0.1, -0.05) is 53.3 Å². The molecule has 0 unspecified atom stereocenters. The highest BCUT2D eigenvalue weighted by Gasteiger charge is 2.16. The number of halogens is 1. The van der Waals surface area contributed by atoms with Gasteiger partial charge in [-0.2, -0.15) is 0 Å². The fraction of sp³-hybridized carbons (Fsp3) is 0.133. The van der Waals surface area contributed by atoms with Gasteiger partial charge >= 0.3 is 0 Å². The molecule has 0 aliphatic rings. The predicted octanol–water partition coefficient (Wildman–Crippen LogP) is 4.20. The first-order valence-corrected chi connectivity index (χ1v) is 9.39. The third kappa shape index (κ3) is 3.24. The molecule has 0 atom stereocenters. The number of nitrogens with zero attached hydrogens (tertiary/aromatic N) is 1. The van der Waals surface area contributed by atoms with E-state index in [1.54, 1.807) is 24.3 Å². The summed E-state index contributed by atoms with van der Waals surface area (Å²) in [6, 6.07) is 12.7. The fourth-order valence-electron chi connectivity index (χ4n) is 2.12. The number of hydrogen-bond acceptors (Lipinski definition) is 4. The predicted molar refractivity (Wildman–Crippen MR) is 92.1 cm³/mol. The van der Waals surface area contributed by atoms with E-state index in [2.05, 4.69) is 9.71 Å². The van der Waals surface area contributed by atoms with Crippen LogP contribution in [0.3, 0.4) is 0 Å². The number of benzene rings is 2. The Morgan fingerprint density at radius 1 is 1.18 bits per heavy atom. The first-order valence-electron chi connectivity index (χ1n) is 6.55. The summed E-state index contributed by atoms with van der Waals surface area (Å²) in [6.45, 7) is 1.95. The van der Waals surface area contributed by atoms with Crippen molar-refractivity contribution in [2.75, 3.05) is 4.72 Å². The molecule has 0 fully saturated rings. The van der Waals surface area contributed by atoms with E-state index in [9.17, 15) is 8.42 Å². The highest BCUT2D eigenvalue weighted by molar-refractivity contribution is 7.92. The van der Waals surface area contributed by atoms with Crippen LogP contribution in [0.2, 0.25) is 5.02 Å². The number of nitrogens with one attached hydrogen (secondary N) is 1. The fourth-order valence-corrected chi connectivity index (χ4v) is 4.79. The molecule has 3 rings (SSSR count). The Bertz CT molecular complexity index is 936. The number of sulfonamides is 1. The number of aromatic nitrogens is 1. The summed E-state index contributed by atoms with van der Waals surface area (Å²) in [5, 5.41) is 0.810. The molecule has 22 heavy (non-hydrogen) atoms. The van der Waals surface area contributed by atoms with Gasteiger partial charge in [0.1, 0.15) is 0 Å². The van der Waals surface area contributed by atoms with Crippen LogP contribution in [0.25, 0.3) is 10.2 Å². The zero-order valence-electron chi connectivity index (χ0n) is 11.7. The Balaban J connectivity index is 1.87. The third-order valence-corrected chi connectivity index (χ3v) is 5.80. The maximum atomic E-state index is 12.3. The summed E-state index contributed by atoms with van der Waals surface area (Å²) in [7, 11) is -3.56. The molecular weight excluding hydrogens is 340 g/mol. The molecule has 0 spiro atoms. The average Bonchev–Trinajstić information content (AvgIpc) is 2.84. The van der Waals surface area contributed by atoms with Crippen molar-refractivity contribution in [2.45, 2.75) is 12.7 Å². The lowest BCUT2D eigenvalue weighted by atomic mass is 10.2. The maximum absolute atomic E-state index is 12.3. The maximum Gasteiger partial charge on any atom is 0.238 e. The molecule has 0 aliphatic carbocycles. The quantitative estimate of drug-likeness (QED) is 0.765. The Morgan fingerprint density at radius 2 is 1.95 bits per heavy atom. The summed E-state index contributed by atoms with van der Waals surface area (Å²) in [6.07, 6.45) is 0. The summed E-state index contributed by atoms with van der Waals surface area (Å²) in [5.41, 5.74) is 2.40. The minimum Gasteiger partial charge on any atom is -0.258 e. The van der Waals surface area contributed by atoms with Crippen LogP contribution in [0.15, 0.2) is 42.5 Å². The Hall–Kier alpha value is -1.63. The second-order valence-corrected chi connectivity index (χ2v) is 8.05.